The number of nitrogens with one attached hydrogen (secondary N) is 1. The van der Waals surface area contributed by atoms with E-state index in [9.17, 15) is 14.4 Å². The maximum absolute atomic E-state index is 12.2. The van der Waals surface area contributed by atoms with Gasteiger partial charge in [-0.15, -0.1) is 0 Å². The van der Waals surface area contributed by atoms with Crippen LogP contribution in [0.5, 0.6) is 5.75 Å². The summed E-state index contributed by atoms with van der Waals surface area (Å²) in [6, 6.07) is 3.41. The molecule has 1 saturated heterocycles. The van der Waals surface area contributed by atoms with Crippen molar-refractivity contribution in [3.63, 3.8) is 0 Å². The lowest BCUT2D eigenvalue weighted by atomic mass is 10.0. The van der Waals surface area contributed by atoms with E-state index in [1.807, 2.05) is 6.07 Å². The lowest BCUT2D eigenvalue weighted by Crippen LogP contribution is -2.40. The number of carbonyl (C=O) groups is 3. The van der Waals surface area contributed by atoms with Crippen LogP contribution in [0.25, 0.3) is 0 Å². The number of hydrogen-bond acceptors (Lipinski definition) is 5. The first-order valence-electron chi connectivity index (χ1n) is 7.77. The van der Waals surface area contributed by atoms with Gasteiger partial charge in [-0.05, 0) is 12.1 Å². The fourth-order valence-corrected chi connectivity index (χ4v) is 3.52. The first-order valence-corrected chi connectivity index (χ1v) is 7.77. The van der Waals surface area contributed by atoms with Crippen molar-refractivity contribution in [3.05, 3.63) is 17.7 Å². The number of anilines is 2. The maximum atomic E-state index is 12.2. The average molecular weight is 331 g/mol. The van der Waals surface area contributed by atoms with Crippen molar-refractivity contribution in [2.45, 2.75) is 25.5 Å². The third kappa shape index (κ3) is 2.02. The summed E-state index contributed by atoms with van der Waals surface area (Å²) >= 11 is 0. The highest BCUT2D eigenvalue weighted by Crippen LogP contribution is 2.47. The number of benzene rings is 1. The number of nitrogens with zero attached hydrogens (tertiary/aromatic N) is 2. The zero-order chi connectivity index (χ0) is 17.0. The van der Waals surface area contributed by atoms with Crippen LogP contribution in [0.15, 0.2) is 12.1 Å². The van der Waals surface area contributed by atoms with E-state index >= 15 is 0 Å². The van der Waals surface area contributed by atoms with Gasteiger partial charge >= 0.3 is 6.09 Å². The van der Waals surface area contributed by atoms with Gasteiger partial charge in [-0.2, -0.15) is 0 Å². The van der Waals surface area contributed by atoms with E-state index < -0.39 is 12.2 Å². The molecule has 4 rings (SSSR count). The standard InChI is InChI=1S/C16H17N3O5/c1-8(20)17-6-13-12-5-9-10(19(12)16(22)24-13)3-4-11-15(9)23-7-14(21)18(11)2/h3-4,12-13H,5-7H2,1-2H3,(H,17,20)/t12-,13?/m0/s1. The van der Waals surface area contributed by atoms with Crippen LogP contribution >= 0.6 is 0 Å². The van der Waals surface area contributed by atoms with Crippen LogP contribution in [-0.2, 0) is 20.7 Å². The van der Waals surface area contributed by atoms with E-state index in [2.05, 4.69) is 5.32 Å². The van der Waals surface area contributed by atoms with Crippen molar-refractivity contribution in [3.8, 4) is 5.75 Å². The average Bonchev–Trinajstić information content (AvgIpc) is 3.07. The molecule has 1 aromatic carbocycles. The molecule has 1 N–H and O–H groups in total. The minimum atomic E-state index is -0.422. The highest BCUT2D eigenvalue weighted by atomic mass is 16.6. The summed E-state index contributed by atoms with van der Waals surface area (Å²) in [6.45, 7) is 1.69. The predicted molar refractivity (Wildman–Crippen MR) is 84.3 cm³/mol. The summed E-state index contributed by atoms with van der Waals surface area (Å²) in [7, 11) is 1.71. The van der Waals surface area contributed by atoms with Crippen LogP contribution in [0, 0.1) is 0 Å². The summed E-state index contributed by atoms with van der Waals surface area (Å²) < 4.78 is 11.0. The van der Waals surface area contributed by atoms with Crippen LogP contribution in [0.2, 0.25) is 0 Å². The van der Waals surface area contributed by atoms with Crippen molar-refractivity contribution in [2.24, 2.45) is 0 Å². The topological polar surface area (TPSA) is 88.2 Å². The van der Waals surface area contributed by atoms with Crippen molar-refractivity contribution < 1.29 is 23.9 Å². The quantitative estimate of drug-likeness (QED) is 0.849. The van der Waals surface area contributed by atoms with Gasteiger partial charge in [-0.1, -0.05) is 0 Å². The summed E-state index contributed by atoms with van der Waals surface area (Å²) in [5, 5.41) is 2.70. The molecular weight excluding hydrogens is 314 g/mol. The molecule has 3 amide bonds. The Morgan fingerprint density at radius 1 is 1.33 bits per heavy atom. The molecule has 0 spiro atoms. The zero-order valence-electron chi connectivity index (χ0n) is 13.4. The highest BCUT2D eigenvalue weighted by Gasteiger charge is 2.49. The fraction of sp³-hybridized carbons (Fsp3) is 0.438. The molecule has 0 bridgehead atoms. The number of likely N-dealkylation sites (N-methyl/N-ethyl adjacent to an activating group) is 1. The predicted octanol–water partition coefficient (Wildman–Crippen LogP) is 0.428. The Morgan fingerprint density at radius 3 is 2.83 bits per heavy atom. The van der Waals surface area contributed by atoms with Crippen LogP contribution in [0.4, 0.5) is 16.2 Å². The van der Waals surface area contributed by atoms with E-state index in [0.29, 0.717) is 17.9 Å². The molecule has 2 atom stereocenters. The largest absolute Gasteiger partial charge is 0.481 e. The molecule has 8 heteroatoms. The SMILES string of the molecule is CC(=O)NCC1OC(=O)N2c3ccc4c(c3C[C@@H]12)OCC(=O)N4C. The third-order valence-electron chi connectivity index (χ3n) is 4.73. The fourth-order valence-electron chi connectivity index (χ4n) is 3.52. The molecule has 0 aliphatic carbocycles. The van der Waals surface area contributed by atoms with E-state index in [1.54, 1.807) is 22.9 Å². The summed E-state index contributed by atoms with van der Waals surface area (Å²) in [5.41, 5.74) is 2.36. The second-order valence-electron chi connectivity index (χ2n) is 6.15. The molecule has 0 aromatic heterocycles. The monoisotopic (exact) mass is 331 g/mol. The van der Waals surface area contributed by atoms with Crippen molar-refractivity contribution in [1.29, 1.82) is 0 Å². The molecule has 0 saturated carbocycles. The smallest absolute Gasteiger partial charge is 0.415 e. The molecule has 1 fully saturated rings. The van der Waals surface area contributed by atoms with Gasteiger partial charge in [0.05, 0.1) is 24.0 Å². The summed E-state index contributed by atoms with van der Waals surface area (Å²) in [4.78, 5) is 38.3. The molecule has 8 nitrogen and oxygen atoms in total. The van der Waals surface area contributed by atoms with Gasteiger partial charge in [0.2, 0.25) is 5.91 Å². The Hall–Kier alpha value is -2.77. The van der Waals surface area contributed by atoms with Crippen LogP contribution < -0.4 is 19.9 Å². The second kappa shape index (κ2) is 5.12. The molecule has 126 valence electrons. The van der Waals surface area contributed by atoms with E-state index in [0.717, 1.165) is 11.3 Å². The van der Waals surface area contributed by atoms with Crippen LogP contribution in [-0.4, -0.2) is 50.3 Å². The van der Waals surface area contributed by atoms with Gasteiger partial charge in [0.15, 0.2) is 6.61 Å². The number of fused-ring (bicyclic) bond motifs is 5. The highest BCUT2D eigenvalue weighted by molar-refractivity contribution is 6.00. The molecule has 24 heavy (non-hydrogen) atoms. The molecule has 3 aliphatic heterocycles. The van der Waals surface area contributed by atoms with Gasteiger partial charge in [-0.3, -0.25) is 14.5 Å². The Kier molecular flexibility index (Phi) is 3.16. The van der Waals surface area contributed by atoms with E-state index in [-0.39, 0.29) is 31.0 Å². The van der Waals surface area contributed by atoms with Gasteiger partial charge in [0, 0.05) is 26.0 Å². The molecule has 3 aliphatic rings. The number of amides is 3. The van der Waals surface area contributed by atoms with E-state index in [1.165, 1.54) is 6.92 Å². The minimum absolute atomic E-state index is 0.00954. The number of rotatable bonds is 2. The Balaban J connectivity index is 1.68. The first-order chi connectivity index (χ1) is 11.5. The normalized spacial score (nSPS) is 24.1. The molecule has 0 radical (unpaired) electrons. The van der Waals surface area contributed by atoms with Gasteiger partial charge in [0.25, 0.3) is 5.91 Å². The molecule has 1 aromatic rings. The van der Waals surface area contributed by atoms with Crippen LogP contribution in [0.1, 0.15) is 12.5 Å². The van der Waals surface area contributed by atoms with Crippen molar-refractivity contribution in [2.75, 3.05) is 30.0 Å². The molecule has 3 heterocycles. The number of ether oxygens (including phenoxy) is 2. The number of cyclic esters (lactones) is 1. The van der Waals surface area contributed by atoms with E-state index in [4.69, 9.17) is 9.47 Å². The Labute approximate surface area is 138 Å². The minimum Gasteiger partial charge on any atom is -0.481 e. The number of hydrogen-bond donors (Lipinski definition) is 1. The lowest BCUT2D eigenvalue weighted by molar-refractivity contribution is -0.121. The van der Waals surface area contributed by atoms with Gasteiger partial charge < -0.3 is 19.7 Å². The first kappa shape index (κ1) is 14.8. The van der Waals surface area contributed by atoms with Crippen molar-refractivity contribution >= 4 is 29.3 Å². The molecule has 1 unspecified atom stereocenters. The van der Waals surface area contributed by atoms with Crippen molar-refractivity contribution in [1.82, 2.24) is 5.32 Å². The van der Waals surface area contributed by atoms with Crippen LogP contribution in [0.3, 0.4) is 0 Å². The molecular formula is C16H17N3O5. The zero-order valence-corrected chi connectivity index (χ0v) is 13.4. The third-order valence-corrected chi connectivity index (χ3v) is 4.73. The Morgan fingerprint density at radius 2 is 2.08 bits per heavy atom. The van der Waals surface area contributed by atoms with Gasteiger partial charge in [0.1, 0.15) is 11.9 Å². The second-order valence-corrected chi connectivity index (χ2v) is 6.15. The summed E-state index contributed by atoms with van der Waals surface area (Å²) in [5.74, 6) is 0.375. The number of carbonyl (C=O) groups excluding carboxylic acids is 3. The Bertz CT molecular complexity index is 762. The lowest BCUT2D eigenvalue weighted by Gasteiger charge is -2.27. The summed E-state index contributed by atoms with van der Waals surface area (Å²) in [6.07, 6.45) is -0.266. The maximum Gasteiger partial charge on any atom is 0.415 e. The van der Waals surface area contributed by atoms with Gasteiger partial charge in [-0.25, -0.2) is 4.79 Å².